The number of hydrogen-bond acceptors (Lipinski definition) is 6. The van der Waals surface area contributed by atoms with E-state index in [1.807, 2.05) is 0 Å². The second kappa shape index (κ2) is 41.5. The molecule has 51 heavy (non-hydrogen) atoms. The highest BCUT2D eigenvalue weighted by molar-refractivity contribution is 4.93. The van der Waals surface area contributed by atoms with Crippen LogP contribution in [-0.2, 0) is 0 Å². The first-order chi connectivity index (χ1) is 25.1. The first-order valence-electron chi connectivity index (χ1n) is 21.9. The van der Waals surface area contributed by atoms with Gasteiger partial charge in [-0.15, -0.1) is 0 Å². The van der Waals surface area contributed by atoms with Gasteiger partial charge in [0.2, 0.25) is 0 Å². The first kappa shape index (κ1) is 49.7. The van der Waals surface area contributed by atoms with Gasteiger partial charge in [-0.1, -0.05) is 140 Å². The van der Waals surface area contributed by atoms with Crippen molar-refractivity contribution in [1.29, 1.82) is 0 Å². The van der Waals surface area contributed by atoms with Gasteiger partial charge in [-0.25, -0.2) is 0 Å². The van der Waals surface area contributed by atoms with Gasteiger partial charge in [0.1, 0.15) is 0 Å². The summed E-state index contributed by atoms with van der Waals surface area (Å²) in [5.41, 5.74) is 11.5. The van der Waals surface area contributed by atoms with Crippen molar-refractivity contribution in [3.8, 4) is 0 Å². The van der Waals surface area contributed by atoms with Crippen LogP contribution in [0.25, 0.3) is 0 Å². The molecule has 0 saturated heterocycles. The number of rotatable bonds is 40. The van der Waals surface area contributed by atoms with Gasteiger partial charge < -0.3 is 31.5 Å². The fraction of sp³-hybridized carbons (Fsp3) is 0.822. The van der Waals surface area contributed by atoms with E-state index in [1.54, 1.807) is 0 Å². The Labute approximate surface area is 318 Å². The van der Waals surface area contributed by atoms with E-state index in [-0.39, 0.29) is 0 Å². The normalized spacial score (nSPS) is 13.8. The summed E-state index contributed by atoms with van der Waals surface area (Å²) in [6.07, 6.45) is 48.9. The molecular formula is C45H88N4O2. The third-order valence-electron chi connectivity index (χ3n) is 9.78. The molecule has 0 amide bonds. The lowest BCUT2D eigenvalue weighted by atomic mass is 10.1. The Morgan fingerprint density at radius 1 is 0.392 bits per heavy atom. The molecule has 6 heteroatoms. The van der Waals surface area contributed by atoms with Crippen LogP contribution in [0.3, 0.4) is 0 Å². The summed E-state index contributed by atoms with van der Waals surface area (Å²) in [5, 5.41) is 20.6. The largest absolute Gasteiger partial charge is 0.390 e. The fourth-order valence-electron chi connectivity index (χ4n) is 6.50. The molecule has 0 fully saturated rings. The van der Waals surface area contributed by atoms with Gasteiger partial charge in [0.05, 0.1) is 12.2 Å². The molecule has 0 aromatic rings. The Hall–Kier alpha value is -1.28. The molecular weight excluding hydrogens is 629 g/mol. The van der Waals surface area contributed by atoms with Crippen LogP contribution in [0.4, 0.5) is 0 Å². The van der Waals surface area contributed by atoms with E-state index in [2.05, 4.69) is 72.3 Å². The monoisotopic (exact) mass is 717 g/mol. The quantitative estimate of drug-likeness (QED) is 0.0372. The summed E-state index contributed by atoms with van der Waals surface area (Å²) in [5.74, 6) is 0. The Balaban J connectivity index is 4.17. The zero-order valence-electron chi connectivity index (χ0n) is 34.1. The van der Waals surface area contributed by atoms with Crippen molar-refractivity contribution >= 4 is 0 Å². The van der Waals surface area contributed by atoms with Crippen LogP contribution in [0.15, 0.2) is 48.6 Å². The molecule has 2 atom stereocenters. The standard InChI is InChI=1S/C45H88N4O2/c1-3-5-7-9-11-13-15-17-19-21-23-25-27-29-31-33-36-48(42-44(50)40-46)38-35-39-49(43-45(51)41-47)37-34-32-30-28-26-24-22-20-18-16-14-12-10-8-6-4-2/h11-14,17-20,44-45,50-51H,3-10,15-16,21-43,46-47H2,1-2H3/b13-11-,14-12+,19-17+,20-18-. The van der Waals surface area contributed by atoms with Crippen LogP contribution in [-0.4, -0.2) is 84.6 Å². The highest BCUT2D eigenvalue weighted by Gasteiger charge is 2.14. The van der Waals surface area contributed by atoms with Crippen LogP contribution in [0.2, 0.25) is 0 Å². The second-order valence-electron chi connectivity index (χ2n) is 14.9. The number of aliphatic hydroxyl groups excluding tert-OH is 2. The molecule has 0 saturated carbocycles. The maximum Gasteiger partial charge on any atom is 0.0789 e. The van der Waals surface area contributed by atoms with Crippen LogP contribution in [0.5, 0.6) is 0 Å². The Kier molecular flexibility index (Phi) is 40.4. The minimum absolute atomic E-state index is 0.308. The number of nitrogens with two attached hydrogens (primary N) is 2. The number of allylic oxidation sites excluding steroid dienone is 8. The lowest BCUT2D eigenvalue weighted by Crippen LogP contribution is -2.40. The Morgan fingerprint density at radius 2 is 0.686 bits per heavy atom. The lowest BCUT2D eigenvalue weighted by molar-refractivity contribution is 0.101. The van der Waals surface area contributed by atoms with Crippen molar-refractivity contribution in [2.45, 2.75) is 187 Å². The molecule has 0 aliphatic rings. The molecule has 6 N–H and O–H groups in total. The van der Waals surface area contributed by atoms with E-state index in [9.17, 15) is 10.2 Å². The summed E-state index contributed by atoms with van der Waals surface area (Å²) in [7, 11) is 0. The van der Waals surface area contributed by atoms with Crippen LogP contribution < -0.4 is 11.5 Å². The van der Waals surface area contributed by atoms with Gasteiger partial charge >= 0.3 is 0 Å². The highest BCUT2D eigenvalue weighted by Crippen LogP contribution is 2.12. The van der Waals surface area contributed by atoms with Crippen molar-refractivity contribution in [3.05, 3.63) is 48.6 Å². The molecule has 0 bridgehead atoms. The molecule has 0 aromatic heterocycles. The van der Waals surface area contributed by atoms with Crippen LogP contribution >= 0.6 is 0 Å². The van der Waals surface area contributed by atoms with Crippen molar-refractivity contribution in [2.75, 3.05) is 52.4 Å². The van der Waals surface area contributed by atoms with E-state index >= 15 is 0 Å². The van der Waals surface area contributed by atoms with Crippen molar-refractivity contribution in [3.63, 3.8) is 0 Å². The minimum atomic E-state index is -0.469. The molecule has 300 valence electrons. The van der Waals surface area contributed by atoms with E-state index in [1.165, 1.54) is 141 Å². The van der Waals surface area contributed by atoms with Gasteiger partial charge in [0, 0.05) is 26.2 Å². The molecule has 0 rings (SSSR count). The van der Waals surface area contributed by atoms with Gasteiger partial charge in [-0.2, -0.15) is 0 Å². The zero-order valence-corrected chi connectivity index (χ0v) is 34.1. The third-order valence-corrected chi connectivity index (χ3v) is 9.78. The average Bonchev–Trinajstić information content (AvgIpc) is 3.13. The van der Waals surface area contributed by atoms with Gasteiger partial charge in [0.15, 0.2) is 0 Å². The maximum atomic E-state index is 10.3. The molecule has 6 nitrogen and oxygen atoms in total. The number of nitrogens with zero attached hydrogens (tertiary/aromatic N) is 2. The maximum absolute atomic E-state index is 10.3. The van der Waals surface area contributed by atoms with Crippen molar-refractivity contribution in [1.82, 2.24) is 9.80 Å². The zero-order chi connectivity index (χ0) is 37.3. The summed E-state index contributed by atoms with van der Waals surface area (Å²) in [4.78, 5) is 4.80. The number of hydrogen-bond donors (Lipinski definition) is 4. The second-order valence-corrected chi connectivity index (χ2v) is 14.9. The van der Waals surface area contributed by atoms with Gasteiger partial charge in [-0.3, -0.25) is 0 Å². The number of aliphatic hydroxyl groups is 2. The molecule has 2 unspecified atom stereocenters. The average molecular weight is 717 g/mol. The van der Waals surface area contributed by atoms with Crippen LogP contribution in [0.1, 0.15) is 174 Å². The minimum Gasteiger partial charge on any atom is -0.390 e. The molecule has 0 radical (unpaired) electrons. The highest BCUT2D eigenvalue weighted by atomic mass is 16.3. The molecule has 0 aliphatic heterocycles. The van der Waals surface area contributed by atoms with Crippen molar-refractivity contribution in [2.24, 2.45) is 11.5 Å². The Morgan fingerprint density at radius 3 is 1.02 bits per heavy atom. The van der Waals surface area contributed by atoms with Gasteiger partial charge in [-0.05, 0) is 110 Å². The predicted molar refractivity (Wildman–Crippen MR) is 226 cm³/mol. The summed E-state index contributed by atoms with van der Waals surface area (Å²) < 4.78 is 0. The smallest absolute Gasteiger partial charge is 0.0789 e. The van der Waals surface area contributed by atoms with Crippen LogP contribution in [0, 0.1) is 0 Å². The summed E-state index contributed by atoms with van der Waals surface area (Å²) in [6, 6.07) is 0. The molecule has 0 aromatic carbocycles. The van der Waals surface area contributed by atoms with Gasteiger partial charge in [0.25, 0.3) is 0 Å². The summed E-state index contributed by atoms with van der Waals surface area (Å²) >= 11 is 0. The molecule has 0 spiro atoms. The SMILES string of the molecule is CCCCC/C=C\C/C=C/CCCCCCCCN(CCCN(CCCCCCCC/C=C\C/C=C/CCCCC)CC(O)CN)CC(O)CN. The first-order valence-corrected chi connectivity index (χ1v) is 21.9. The van der Waals surface area contributed by atoms with Crippen molar-refractivity contribution < 1.29 is 10.2 Å². The molecule has 0 heterocycles. The van der Waals surface area contributed by atoms with E-state index in [0.29, 0.717) is 26.2 Å². The van der Waals surface area contributed by atoms with E-state index in [4.69, 9.17) is 11.5 Å². The Bertz CT molecular complexity index is 735. The third kappa shape index (κ3) is 38.3. The topological polar surface area (TPSA) is 99.0 Å². The van der Waals surface area contributed by atoms with E-state index in [0.717, 1.165) is 45.4 Å². The summed E-state index contributed by atoms with van der Waals surface area (Å²) in [6.45, 7) is 10.4. The molecule has 0 aliphatic carbocycles. The predicted octanol–water partition coefficient (Wildman–Crippen LogP) is 10.2. The number of unbranched alkanes of at least 4 members (excludes halogenated alkanes) is 18. The fourth-order valence-corrected chi connectivity index (χ4v) is 6.50. The van der Waals surface area contributed by atoms with E-state index < -0.39 is 12.2 Å². The lowest BCUT2D eigenvalue weighted by Gasteiger charge is -2.28.